The Morgan fingerprint density at radius 1 is 1.16 bits per heavy atom. The Bertz CT molecular complexity index is 801. The third kappa shape index (κ3) is 3.06. The van der Waals surface area contributed by atoms with Gasteiger partial charge in [0.1, 0.15) is 5.82 Å². The Kier molecular flexibility index (Phi) is 4.50. The number of nitrogens with zero attached hydrogens (tertiary/aromatic N) is 4. The molecule has 1 fully saturated rings. The molecule has 132 valence electrons. The average Bonchev–Trinajstić information content (AvgIpc) is 3.05. The highest BCUT2D eigenvalue weighted by Crippen LogP contribution is 2.33. The number of carbonyl (C=O) groups is 1. The molecule has 0 saturated carbocycles. The second kappa shape index (κ2) is 6.79. The SMILES string of the molecule is Cc1ccc(C(=O)N2CCCC[C@H]2c2nnc3n2CCCC3)c(Cl)c1. The minimum Gasteiger partial charge on any atom is -0.328 e. The molecule has 1 saturated heterocycles. The van der Waals surface area contributed by atoms with Gasteiger partial charge in [-0.3, -0.25) is 4.79 Å². The van der Waals surface area contributed by atoms with Gasteiger partial charge in [-0.15, -0.1) is 10.2 Å². The number of halogens is 1. The fourth-order valence-corrected chi connectivity index (χ4v) is 4.28. The molecule has 2 aliphatic rings. The van der Waals surface area contributed by atoms with E-state index in [1.807, 2.05) is 30.0 Å². The van der Waals surface area contributed by atoms with Gasteiger partial charge >= 0.3 is 0 Å². The molecule has 6 heteroatoms. The zero-order valence-electron chi connectivity index (χ0n) is 14.5. The van der Waals surface area contributed by atoms with Crippen LogP contribution in [-0.2, 0) is 13.0 Å². The Morgan fingerprint density at radius 3 is 2.84 bits per heavy atom. The van der Waals surface area contributed by atoms with Gasteiger partial charge in [-0.05, 0) is 56.7 Å². The molecule has 0 spiro atoms. The Balaban J connectivity index is 1.67. The maximum Gasteiger partial charge on any atom is 0.255 e. The number of fused-ring (bicyclic) bond motifs is 1. The second-order valence-electron chi connectivity index (χ2n) is 7.08. The highest BCUT2D eigenvalue weighted by Gasteiger charge is 2.34. The van der Waals surface area contributed by atoms with Gasteiger partial charge < -0.3 is 9.47 Å². The van der Waals surface area contributed by atoms with Crippen LogP contribution in [0.2, 0.25) is 5.02 Å². The first-order chi connectivity index (χ1) is 12.1. The lowest BCUT2D eigenvalue weighted by molar-refractivity contribution is 0.0593. The highest BCUT2D eigenvalue weighted by molar-refractivity contribution is 6.33. The van der Waals surface area contributed by atoms with Crippen molar-refractivity contribution in [2.24, 2.45) is 0 Å². The zero-order chi connectivity index (χ0) is 17.4. The van der Waals surface area contributed by atoms with E-state index in [0.717, 1.165) is 62.4 Å². The largest absolute Gasteiger partial charge is 0.328 e. The molecule has 2 aliphatic heterocycles. The van der Waals surface area contributed by atoms with Gasteiger partial charge in [-0.25, -0.2) is 0 Å². The number of carbonyl (C=O) groups excluding carboxylic acids is 1. The van der Waals surface area contributed by atoms with Crippen molar-refractivity contribution in [1.29, 1.82) is 0 Å². The van der Waals surface area contributed by atoms with Crippen molar-refractivity contribution in [2.75, 3.05) is 6.54 Å². The summed E-state index contributed by atoms with van der Waals surface area (Å²) in [6, 6.07) is 5.63. The molecule has 0 bridgehead atoms. The molecule has 25 heavy (non-hydrogen) atoms. The van der Waals surface area contributed by atoms with E-state index in [9.17, 15) is 4.79 Å². The van der Waals surface area contributed by atoms with E-state index < -0.39 is 0 Å². The first kappa shape index (κ1) is 16.6. The number of aryl methyl sites for hydroxylation is 2. The van der Waals surface area contributed by atoms with Crippen molar-refractivity contribution >= 4 is 17.5 Å². The topological polar surface area (TPSA) is 51.0 Å². The second-order valence-corrected chi connectivity index (χ2v) is 7.48. The maximum absolute atomic E-state index is 13.2. The van der Waals surface area contributed by atoms with Gasteiger partial charge in [0.05, 0.1) is 16.6 Å². The summed E-state index contributed by atoms with van der Waals surface area (Å²) in [5, 5.41) is 9.37. The van der Waals surface area contributed by atoms with Crippen LogP contribution < -0.4 is 0 Å². The normalized spacial score (nSPS) is 20.4. The van der Waals surface area contributed by atoms with E-state index >= 15 is 0 Å². The molecular weight excluding hydrogens is 336 g/mol. The third-order valence-electron chi connectivity index (χ3n) is 5.30. The standard InChI is InChI=1S/C19H23ClN4O/c1-13-8-9-14(15(20)12-13)19(25)23-10-4-2-6-16(23)18-22-21-17-7-3-5-11-24(17)18/h8-9,12,16H,2-7,10-11H2,1H3/t16-/m0/s1. The fourth-order valence-electron chi connectivity index (χ4n) is 3.97. The number of hydrogen-bond acceptors (Lipinski definition) is 3. The van der Waals surface area contributed by atoms with Crippen LogP contribution in [0.1, 0.15) is 65.7 Å². The summed E-state index contributed by atoms with van der Waals surface area (Å²) in [6.07, 6.45) is 6.38. The van der Waals surface area contributed by atoms with Crippen LogP contribution in [0.3, 0.4) is 0 Å². The molecule has 4 rings (SSSR count). The molecule has 0 unspecified atom stereocenters. The van der Waals surface area contributed by atoms with Crippen LogP contribution in [0, 0.1) is 6.92 Å². The lowest BCUT2D eigenvalue weighted by Crippen LogP contribution is -2.40. The summed E-state index contributed by atoms with van der Waals surface area (Å²) in [5.74, 6) is 2.02. The number of benzene rings is 1. The smallest absolute Gasteiger partial charge is 0.255 e. The number of piperidine rings is 1. The van der Waals surface area contributed by atoms with E-state index in [-0.39, 0.29) is 11.9 Å². The Morgan fingerprint density at radius 2 is 2.00 bits per heavy atom. The summed E-state index contributed by atoms with van der Waals surface area (Å²) in [4.78, 5) is 15.1. The van der Waals surface area contributed by atoms with E-state index in [0.29, 0.717) is 10.6 Å². The predicted molar refractivity (Wildman–Crippen MR) is 96.8 cm³/mol. The predicted octanol–water partition coefficient (Wildman–Crippen LogP) is 3.94. The summed E-state index contributed by atoms with van der Waals surface area (Å²) < 4.78 is 2.23. The number of likely N-dealkylation sites (tertiary alicyclic amines) is 1. The molecule has 5 nitrogen and oxygen atoms in total. The number of rotatable bonds is 2. The molecule has 1 atom stereocenters. The zero-order valence-corrected chi connectivity index (χ0v) is 15.3. The molecule has 1 amide bonds. The molecular formula is C19H23ClN4O. The first-order valence-electron chi connectivity index (χ1n) is 9.14. The number of hydrogen-bond donors (Lipinski definition) is 0. The van der Waals surface area contributed by atoms with E-state index in [2.05, 4.69) is 14.8 Å². The van der Waals surface area contributed by atoms with Gasteiger partial charge in [-0.2, -0.15) is 0 Å². The van der Waals surface area contributed by atoms with Gasteiger partial charge in [0.2, 0.25) is 0 Å². The van der Waals surface area contributed by atoms with Crippen molar-refractivity contribution in [3.63, 3.8) is 0 Å². The molecule has 2 aromatic rings. The third-order valence-corrected chi connectivity index (χ3v) is 5.62. The van der Waals surface area contributed by atoms with Crippen molar-refractivity contribution in [3.8, 4) is 0 Å². The van der Waals surface area contributed by atoms with Gasteiger partial charge in [0.25, 0.3) is 5.91 Å². The van der Waals surface area contributed by atoms with Gasteiger partial charge in [0, 0.05) is 19.5 Å². The Hall–Kier alpha value is -1.88. The van der Waals surface area contributed by atoms with Gasteiger partial charge in [0.15, 0.2) is 5.82 Å². The molecule has 1 aromatic carbocycles. The van der Waals surface area contributed by atoms with Crippen LogP contribution in [0.25, 0.3) is 0 Å². The monoisotopic (exact) mass is 358 g/mol. The van der Waals surface area contributed by atoms with Crippen LogP contribution in [0.5, 0.6) is 0 Å². The lowest BCUT2D eigenvalue weighted by Gasteiger charge is -2.35. The highest BCUT2D eigenvalue weighted by atomic mass is 35.5. The van der Waals surface area contributed by atoms with Crippen LogP contribution in [0.4, 0.5) is 0 Å². The maximum atomic E-state index is 13.2. The van der Waals surface area contributed by atoms with Crippen molar-refractivity contribution in [1.82, 2.24) is 19.7 Å². The van der Waals surface area contributed by atoms with Crippen LogP contribution in [0.15, 0.2) is 18.2 Å². The molecule has 3 heterocycles. The van der Waals surface area contributed by atoms with Crippen LogP contribution >= 0.6 is 11.6 Å². The van der Waals surface area contributed by atoms with E-state index in [1.165, 1.54) is 6.42 Å². The number of amides is 1. The van der Waals surface area contributed by atoms with E-state index in [4.69, 9.17) is 11.6 Å². The minimum absolute atomic E-state index is 0.00188. The van der Waals surface area contributed by atoms with Crippen molar-refractivity contribution in [2.45, 2.75) is 58.0 Å². The molecule has 0 N–H and O–H groups in total. The average molecular weight is 359 g/mol. The summed E-state index contributed by atoms with van der Waals surface area (Å²) in [7, 11) is 0. The summed E-state index contributed by atoms with van der Waals surface area (Å²) in [6.45, 7) is 3.68. The van der Waals surface area contributed by atoms with Gasteiger partial charge in [-0.1, -0.05) is 17.7 Å². The van der Waals surface area contributed by atoms with E-state index in [1.54, 1.807) is 0 Å². The van der Waals surface area contributed by atoms with Crippen LogP contribution in [-0.4, -0.2) is 32.1 Å². The minimum atomic E-state index is -0.00188. The van der Waals surface area contributed by atoms with Crippen molar-refractivity contribution < 1.29 is 4.79 Å². The van der Waals surface area contributed by atoms with Crippen molar-refractivity contribution in [3.05, 3.63) is 46.0 Å². The lowest BCUT2D eigenvalue weighted by atomic mass is 9.99. The molecule has 0 aliphatic carbocycles. The summed E-state index contributed by atoms with van der Waals surface area (Å²) >= 11 is 6.35. The first-order valence-corrected chi connectivity index (χ1v) is 9.52. The number of aromatic nitrogens is 3. The Labute approximate surface area is 153 Å². The fraction of sp³-hybridized carbons (Fsp3) is 0.526. The molecule has 1 aromatic heterocycles. The molecule has 0 radical (unpaired) electrons. The summed E-state index contributed by atoms with van der Waals surface area (Å²) in [5.41, 5.74) is 1.64. The quantitative estimate of drug-likeness (QED) is 0.816.